The van der Waals surface area contributed by atoms with E-state index >= 15 is 0 Å². The number of aromatic nitrogens is 2. The summed E-state index contributed by atoms with van der Waals surface area (Å²) in [6, 6.07) is -0.822. The number of nitrogens with one attached hydrogen (secondary N) is 1. The third kappa shape index (κ3) is 1.81. The predicted octanol–water partition coefficient (Wildman–Crippen LogP) is 0.419. The Morgan fingerprint density at radius 1 is 1.85 bits per heavy atom. The number of carbonyl (C=O) groups is 1. The van der Waals surface area contributed by atoms with Crippen LogP contribution in [0.25, 0.3) is 0 Å². The smallest absolute Gasteiger partial charge is 0.328 e. The zero-order valence-corrected chi connectivity index (χ0v) is 8.04. The fourth-order valence-electron chi connectivity index (χ4n) is 1.03. The average molecular weight is 204 g/mol. The van der Waals surface area contributed by atoms with Crippen LogP contribution in [0.5, 0.6) is 0 Å². The second-order valence-electron chi connectivity index (χ2n) is 2.56. The van der Waals surface area contributed by atoms with E-state index in [-0.39, 0.29) is 0 Å². The van der Waals surface area contributed by atoms with Crippen LogP contribution in [0.1, 0.15) is 11.9 Å². The summed E-state index contributed by atoms with van der Waals surface area (Å²) < 4.78 is 1.52. The van der Waals surface area contributed by atoms with Crippen molar-refractivity contribution < 1.29 is 9.90 Å². The minimum atomic E-state index is -0.979. The third-order valence-corrected chi connectivity index (χ3v) is 2.11. The molecule has 1 aromatic rings. The highest BCUT2D eigenvalue weighted by Gasteiger charge is 2.22. The number of imidazole rings is 1. The van der Waals surface area contributed by atoms with Crippen LogP contribution in [0.3, 0.4) is 0 Å². The minimum absolute atomic E-state index is 0.389. The lowest BCUT2D eigenvalue weighted by Gasteiger charge is -2.10. The first-order chi connectivity index (χ1) is 6.07. The van der Waals surface area contributed by atoms with Crippen LogP contribution in [0.2, 0.25) is 5.15 Å². The first-order valence-corrected chi connectivity index (χ1v) is 4.03. The van der Waals surface area contributed by atoms with Crippen LogP contribution < -0.4 is 5.32 Å². The molecule has 0 saturated carbocycles. The fourth-order valence-corrected chi connectivity index (χ4v) is 1.17. The molecule has 1 aromatic heterocycles. The molecule has 0 aliphatic rings. The van der Waals surface area contributed by atoms with Gasteiger partial charge in [0.15, 0.2) is 6.04 Å². The van der Waals surface area contributed by atoms with E-state index in [1.807, 2.05) is 0 Å². The Hall–Kier alpha value is -1.07. The molecule has 13 heavy (non-hydrogen) atoms. The Morgan fingerprint density at radius 3 is 2.77 bits per heavy atom. The molecule has 6 heteroatoms. The number of aliphatic carboxylic acids is 1. The number of hydrogen-bond donors (Lipinski definition) is 2. The summed E-state index contributed by atoms with van der Waals surface area (Å²) in [5, 5.41) is 11.8. The maximum Gasteiger partial charge on any atom is 0.328 e. The molecule has 0 radical (unpaired) electrons. The maximum absolute atomic E-state index is 10.7. The molecule has 0 fully saturated rings. The van der Waals surface area contributed by atoms with Crippen molar-refractivity contribution in [1.82, 2.24) is 14.9 Å². The second kappa shape index (κ2) is 3.76. The molecule has 0 saturated heterocycles. The summed E-state index contributed by atoms with van der Waals surface area (Å²) in [4.78, 5) is 14.6. The zero-order valence-electron chi connectivity index (χ0n) is 7.28. The maximum atomic E-state index is 10.7. The molecule has 0 aliphatic heterocycles. The predicted molar refractivity (Wildman–Crippen MR) is 47.7 cm³/mol. The molecule has 1 unspecified atom stereocenters. The Labute approximate surface area is 80.3 Å². The number of likely N-dealkylation sites (N-methyl/N-ethyl adjacent to an activating group) is 1. The van der Waals surface area contributed by atoms with Gasteiger partial charge in [-0.3, -0.25) is 4.79 Å². The Kier molecular flexibility index (Phi) is 2.90. The van der Waals surface area contributed by atoms with Crippen molar-refractivity contribution in [2.45, 2.75) is 6.04 Å². The van der Waals surface area contributed by atoms with Crippen molar-refractivity contribution in [3.05, 3.63) is 17.2 Å². The van der Waals surface area contributed by atoms with Gasteiger partial charge in [0.1, 0.15) is 11.0 Å². The van der Waals surface area contributed by atoms with Gasteiger partial charge < -0.3 is 15.0 Å². The van der Waals surface area contributed by atoms with E-state index in [0.717, 1.165) is 0 Å². The highest BCUT2D eigenvalue weighted by atomic mass is 35.5. The summed E-state index contributed by atoms with van der Waals surface area (Å²) in [6.07, 6.45) is 1.42. The summed E-state index contributed by atoms with van der Waals surface area (Å²) in [5.74, 6) is -0.590. The normalized spacial score (nSPS) is 12.8. The van der Waals surface area contributed by atoms with Crippen LogP contribution in [-0.4, -0.2) is 27.7 Å². The quantitative estimate of drug-likeness (QED) is 0.747. The highest BCUT2D eigenvalue weighted by molar-refractivity contribution is 6.29. The topological polar surface area (TPSA) is 67.2 Å². The lowest BCUT2D eigenvalue weighted by molar-refractivity contribution is -0.139. The Morgan fingerprint density at radius 2 is 2.46 bits per heavy atom. The van der Waals surface area contributed by atoms with Gasteiger partial charge in [-0.1, -0.05) is 11.6 Å². The van der Waals surface area contributed by atoms with Crippen molar-refractivity contribution >= 4 is 17.6 Å². The van der Waals surface area contributed by atoms with E-state index in [1.54, 1.807) is 14.1 Å². The Bertz CT molecular complexity index is 324. The van der Waals surface area contributed by atoms with E-state index in [0.29, 0.717) is 11.0 Å². The molecule has 5 nitrogen and oxygen atoms in total. The number of rotatable bonds is 3. The lowest BCUT2D eigenvalue weighted by Crippen LogP contribution is -2.27. The first-order valence-electron chi connectivity index (χ1n) is 3.65. The first kappa shape index (κ1) is 10.0. The minimum Gasteiger partial charge on any atom is -0.480 e. The molecule has 1 heterocycles. The third-order valence-electron chi connectivity index (χ3n) is 1.76. The molecule has 0 spiro atoms. The van der Waals surface area contributed by atoms with Crippen LogP contribution in [0.15, 0.2) is 6.20 Å². The lowest BCUT2D eigenvalue weighted by atomic mass is 10.3. The van der Waals surface area contributed by atoms with Crippen molar-refractivity contribution in [2.24, 2.45) is 7.05 Å². The highest BCUT2D eigenvalue weighted by Crippen LogP contribution is 2.15. The van der Waals surface area contributed by atoms with E-state index in [1.165, 1.54) is 10.8 Å². The zero-order chi connectivity index (χ0) is 10.0. The van der Waals surface area contributed by atoms with Gasteiger partial charge in [-0.25, -0.2) is 4.98 Å². The number of nitrogens with zero attached hydrogens (tertiary/aromatic N) is 2. The monoisotopic (exact) mass is 203 g/mol. The van der Waals surface area contributed by atoms with Crippen molar-refractivity contribution in [2.75, 3.05) is 7.05 Å². The molecular weight excluding hydrogens is 194 g/mol. The second-order valence-corrected chi connectivity index (χ2v) is 2.95. The van der Waals surface area contributed by atoms with Gasteiger partial charge in [0.2, 0.25) is 0 Å². The average Bonchev–Trinajstić information content (AvgIpc) is 2.37. The van der Waals surface area contributed by atoms with Gasteiger partial charge in [-0.05, 0) is 7.05 Å². The van der Waals surface area contributed by atoms with Crippen LogP contribution in [-0.2, 0) is 11.8 Å². The van der Waals surface area contributed by atoms with E-state index < -0.39 is 12.0 Å². The van der Waals surface area contributed by atoms with Crippen molar-refractivity contribution in [3.63, 3.8) is 0 Å². The largest absolute Gasteiger partial charge is 0.480 e. The van der Waals surface area contributed by atoms with E-state index in [9.17, 15) is 4.79 Å². The van der Waals surface area contributed by atoms with Gasteiger partial charge in [0.05, 0.1) is 6.20 Å². The molecule has 1 atom stereocenters. The van der Waals surface area contributed by atoms with Gasteiger partial charge >= 0.3 is 5.97 Å². The summed E-state index contributed by atoms with van der Waals surface area (Å²) >= 11 is 5.71. The molecule has 72 valence electrons. The number of carboxylic acids is 1. The van der Waals surface area contributed by atoms with E-state index in [4.69, 9.17) is 16.7 Å². The number of carboxylic acid groups (broad SMARTS) is 1. The molecule has 0 aliphatic carbocycles. The number of halogens is 1. The van der Waals surface area contributed by atoms with Crippen molar-refractivity contribution in [1.29, 1.82) is 0 Å². The van der Waals surface area contributed by atoms with Gasteiger partial charge in [0.25, 0.3) is 0 Å². The van der Waals surface area contributed by atoms with Crippen LogP contribution in [0.4, 0.5) is 0 Å². The standard InChI is InChI=1S/C7H10ClN3O2/c1-9-5(7(12)13)6-10-3-4(8)11(6)2/h3,5,9H,1-2H3,(H,12,13). The molecule has 0 bridgehead atoms. The molecule has 0 aromatic carbocycles. The van der Waals surface area contributed by atoms with Gasteiger partial charge in [-0.15, -0.1) is 0 Å². The van der Waals surface area contributed by atoms with E-state index in [2.05, 4.69) is 10.3 Å². The SMILES string of the molecule is CNC(C(=O)O)c1ncc(Cl)n1C. The summed E-state index contributed by atoms with van der Waals surface area (Å²) in [7, 11) is 3.22. The summed E-state index contributed by atoms with van der Waals surface area (Å²) in [6.45, 7) is 0. The number of hydrogen-bond acceptors (Lipinski definition) is 3. The van der Waals surface area contributed by atoms with Crippen LogP contribution in [0, 0.1) is 0 Å². The molecule has 1 rings (SSSR count). The van der Waals surface area contributed by atoms with Gasteiger partial charge in [0, 0.05) is 7.05 Å². The summed E-state index contributed by atoms with van der Waals surface area (Å²) in [5.41, 5.74) is 0. The molecule has 0 amide bonds. The Balaban J connectivity index is 3.05. The van der Waals surface area contributed by atoms with Gasteiger partial charge in [-0.2, -0.15) is 0 Å². The molecular formula is C7H10ClN3O2. The fraction of sp³-hybridized carbons (Fsp3) is 0.429. The molecule has 2 N–H and O–H groups in total. The van der Waals surface area contributed by atoms with Crippen molar-refractivity contribution in [3.8, 4) is 0 Å². The van der Waals surface area contributed by atoms with Crippen LogP contribution >= 0.6 is 11.6 Å².